The van der Waals surface area contributed by atoms with E-state index in [1.807, 2.05) is 39.8 Å². The molecule has 0 saturated heterocycles. The number of nitrogens with two attached hydrogens (primary N) is 1. The van der Waals surface area contributed by atoms with Gasteiger partial charge in [-0.2, -0.15) is 5.10 Å². The zero-order valence-electron chi connectivity index (χ0n) is 16.5. The van der Waals surface area contributed by atoms with Gasteiger partial charge in [-0.1, -0.05) is 6.07 Å². The van der Waals surface area contributed by atoms with E-state index in [0.29, 0.717) is 28.5 Å². The molecule has 0 unspecified atom stereocenters. The van der Waals surface area contributed by atoms with E-state index in [4.69, 9.17) is 5.73 Å². The first-order valence-electron chi connectivity index (χ1n) is 9.05. The molecule has 2 aromatic heterocycles. The van der Waals surface area contributed by atoms with Gasteiger partial charge in [0.15, 0.2) is 0 Å². The van der Waals surface area contributed by atoms with Crippen LogP contribution in [0.25, 0.3) is 0 Å². The van der Waals surface area contributed by atoms with E-state index in [9.17, 15) is 5.11 Å². The van der Waals surface area contributed by atoms with Gasteiger partial charge in [-0.05, 0) is 39.3 Å². The number of anilines is 3. The first-order valence-corrected chi connectivity index (χ1v) is 9.05. The van der Waals surface area contributed by atoms with Crippen LogP contribution in [0.1, 0.15) is 29.2 Å². The van der Waals surface area contributed by atoms with Gasteiger partial charge in [0.25, 0.3) is 0 Å². The number of phenols is 1. The summed E-state index contributed by atoms with van der Waals surface area (Å²) in [4.78, 5) is 9.02. The lowest BCUT2D eigenvalue weighted by Gasteiger charge is -2.14. The summed E-state index contributed by atoms with van der Waals surface area (Å²) in [6.45, 7) is 8.43. The number of hydrogen-bond acceptors (Lipinski definition) is 6. The van der Waals surface area contributed by atoms with Crippen LogP contribution >= 0.6 is 0 Å². The molecule has 0 amide bonds. The highest BCUT2D eigenvalue weighted by Crippen LogP contribution is 2.31. The van der Waals surface area contributed by atoms with Crippen molar-refractivity contribution in [2.24, 2.45) is 10.7 Å². The third kappa shape index (κ3) is 3.90. The molecule has 3 rings (SSSR count). The van der Waals surface area contributed by atoms with Gasteiger partial charge < -0.3 is 21.5 Å². The third-order valence-electron chi connectivity index (χ3n) is 4.47. The SMILES string of the molecule is CCNc1cc(Nc2[nH]ncc2C)ncc1C(N)=Nc1c(C)ccc(O)c1C. The number of aromatic nitrogens is 3. The number of aromatic amines is 1. The second-order valence-electron chi connectivity index (χ2n) is 6.57. The summed E-state index contributed by atoms with van der Waals surface area (Å²) in [5.41, 5.74) is 11.1. The molecule has 28 heavy (non-hydrogen) atoms. The summed E-state index contributed by atoms with van der Waals surface area (Å²) >= 11 is 0. The lowest BCUT2D eigenvalue weighted by atomic mass is 10.1. The summed E-state index contributed by atoms with van der Waals surface area (Å²) in [6, 6.07) is 5.35. The molecule has 6 N–H and O–H groups in total. The van der Waals surface area contributed by atoms with Crippen molar-refractivity contribution in [3.63, 3.8) is 0 Å². The van der Waals surface area contributed by atoms with Gasteiger partial charge in [0, 0.05) is 29.9 Å². The van der Waals surface area contributed by atoms with Gasteiger partial charge in [0.05, 0.1) is 23.1 Å². The van der Waals surface area contributed by atoms with Gasteiger partial charge >= 0.3 is 0 Å². The van der Waals surface area contributed by atoms with E-state index in [0.717, 1.165) is 29.2 Å². The molecule has 2 heterocycles. The third-order valence-corrected chi connectivity index (χ3v) is 4.47. The number of aryl methyl sites for hydroxylation is 2. The van der Waals surface area contributed by atoms with Gasteiger partial charge in [-0.15, -0.1) is 0 Å². The first-order chi connectivity index (χ1) is 13.4. The molecule has 0 bridgehead atoms. The van der Waals surface area contributed by atoms with Gasteiger partial charge in [0.1, 0.15) is 23.2 Å². The largest absolute Gasteiger partial charge is 0.508 e. The summed E-state index contributed by atoms with van der Waals surface area (Å²) in [5.74, 6) is 1.96. The van der Waals surface area contributed by atoms with E-state index in [-0.39, 0.29) is 5.75 Å². The van der Waals surface area contributed by atoms with E-state index in [1.165, 1.54) is 0 Å². The maximum Gasteiger partial charge on any atom is 0.135 e. The molecular weight excluding hydrogens is 354 g/mol. The molecule has 0 radical (unpaired) electrons. The Labute approximate surface area is 163 Å². The molecule has 146 valence electrons. The minimum Gasteiger partial charge on any atom is -0.508 e. The number of benzene rings is 1. The van der Waals surface area contributed by atoms with Crippen LogP contribution in [0.3, 0.4) is 0 Å². The van der Waals surface area contributed by atoms with Crippen LogP contribution in [-0.2, 0) is 0 Å². The van der Waals surface area contributed by atoms with Crippen LogP contribution in [-0.4, -0.2) is 32.7 Å². The second kappa shape index (κ2) is 7.99. The fraction of sp³-hybridized carbons (Fsp3) is 0.250. The van der Waals surface area contributed by atoms with Crippen LogP contribution < -0.4 is 16.4 Å². The number of aromatic hydroxyl groups is 1. The van der Waals surface area contributed by atoms with Crippen LogP contribution in [0, 0.1) is 20.8 Å². The summed E-state index contributed by atoms with van der Waals surface area (Å²) in [7, 11) is 0. The zero-order chi connectivity index (χ0) is 20.3. The molecule has 0 spiro atoms. The van der Waals surface area contributed by atoms with E-state index in [1.54, 1.807) is 18.5 Å². The lowest BCUT2D eigenvalue weighted by Crippen LogP contribution is -2.17. The molecule has 0 aliphatic carbocycles. The molecule has 1 aromatic carbocycles. The first kappa shape index (κ1) is 19.2. The highest BCUT2D eigenvalue weighted by Gasteiger charge is 2.12. The van der Waals surface area contributed by atoms with Crippen LogP contribution in [0.2, 0.25) is 0 Å². The maximum absolute atomic E-state index is 9.98. The van der Waals surface area contributed by atoms with Crippen molar-refractivity contribution in [2.45, 2.75) is 27.7 Å². The minimum atomic E-state index is 0.191. The predicted octanol–water partition coefficient (Wildman–Crippen LogP) is 3.65. The molecule has 3 aromatic rings. The van der Waals surface area contributed by atoms with Crippen molar-refractivity contribution >= 4 is 28.8 Å². The highest BCUT2D eigenvalue weighted by atomic mass is 16.3. The Morgan fingerprint density at radius 1 is 1.21 bits per heavy atom. The number of phenolic OH excluding ortho intramolecular Hbond substituents is 1. The topological polar surface area (TPSA) is 124 Å². The van der Waals surface area contributed by atoms with Crippen molar-refractivity contribution < 1.29 is 5.11 Å². The number of aliphatic imine (C=N–C) groups is 1. The quantitative estimate of drug-likeness (QED) is 0.329. The molecule has 0 atom stereocenters. The highest BCUT2D eigenvalue weighted by molar-refractivity contribution is 6.04. The average Bonchev–Trinajstić information content (AvgIpc) is 3.07. The van der Waals surface area contributed by atoms with Crippen molar-refractivity contribution in [3.05, 3.63) is 52.8 Å². The Kier molecular flexibility index (Phi) is 5.49. The van der Waals surface area contributed by atoms with Crippen LogP contribution in [0.15, 0.2) is 35.6 Å². The van der Waals surface area contributed by atoms with E-state index >= 15 is 0 Å². The monoisotopic (exact) mass is 379 g/mol. The Morgan fingerprint density at radius 2 is 2.00 bits per heavy atom. The average molecular weight is 379 g/mol. The molecule has 0 fully saturated rings. The molecular formula is C20H25N7O. The van der Waals surface area contributed by atoms with Crippen molar-refractivity contribution in [2.75, 3.05) is 17.2 Å². The number of nitrogens with one attached hydrogen (secondary N) is 3. The summed E-state index contributed by atoms with van der Waals surface area (Å²) in [5, 5.41) is 23.4. The van der Waals surface area contributed by atoms with Gasteiger partial charge in [-0.3, -0.25) is 5.10 Å². The maximum atomic E-state index is 9.98. The van der Waals surface area contributed by atoms with E-state index in [2.05, 4.69) is 30.8 Å². The molecule has 8 heteroatoms. The fourth-order valence-corrected chi connectivity index (χ4v) is 2.84. The van der Waals surface area contributed by atoms with Crippen molar-refractivity contribution in [3.8, 4) is 5.75 Å². The van der Waals surface area contributed by atoms with E-state index < -0.39 is 0 Å². The van der Waals surface area contributed by atoms with Crippen LogP contribution in [0.5, 0.6) is 5.75 Å². The van der Waals surface area contributed by atoms with Gasteiger partial charge in [0.2, 0.25) is 0 Å². The Balaban J connectivity index is 1.99. The smallest absolute Gasteiger partial charge is 0.135 e. The lowest BCUT2D eigenvalue weighted by molar-refractivity contribution is 0.471. The number of H-pyrrole nitrogens is 1. The summed E-state index contributed by atoms with van der Waals surface area (Å²) < 4.78 is 0. The molecule has 0 aliphatic heterocycles. The second-order valence-corrected chi connectivity index (χ2v) is 6.57. The number of nitrogens with zero attached hydrogens (tertiary/aromatic N) is 3. The number of hydrogen-bond donors (Lipinski definition) is 5. The predicted molar refractivity (Wildman–Crippen MR) is 113 cm³/mol. The fourth-order valence-electron chi connectivity index (χ4n) is 2.84. The Hall–Kier alpha value is -3.55. The molecule has 0 saturated carbocycles. The van der Waals surface area contributed by atoms with Crippen LogP contribution in [0.4, 0.5) is 23.0 Å². The minimum absolute atomic E-state index is 0.191. The molecule has 8 nitrogen and oxygen atoms in total. The normalized spacial score (nSPS) is 11.5. The van der Waals surface area contributed by atoms with Crippen molar-refractivity contribution in [1.29, 1.82) is 0 Å². The number of amidine groups is 1. The number of rotatable bonds is 6. The van der Waals surface area contributed by atoms with Gasteiger partial charge in [-0.25, -0.2) is 9.98 Å². The van der Waals surface area contributed by atoms with Crippen molar-refractivity contribution in [1.82, 2.24) is 15.2 Å². The summed E-state index contributed by atoms with van der Waals surface area (Å²) in [6.07, 6.45) is 3.42. The standard InChI is InChI=1S/C20H25N7O/c1-5-22-15-8-17(25-20-12(3)9-24-27-20)23-10-14(15)19(21)26-18-11(2)6-7-16(28)13(18)4/h6-10,28H,5H2,1-4H3,(H2,21,26)(H3,22,23,24,25,27). The Morgan fingerprint density at radius 3 is 2.68 bits per heavy atom. The molecule has 0 aliphatic rings. The zero-order valence-corrected chi connectivity index (χ0v) is 16.5. The Bertz CT molecular complexity index is 1020. The number of pyridine rings is 1.